The molecule has 120 valence electrons. The molecule has 5 nitrogen and oxygen atoms in total. The van der Waals surface area contributed by atoms with Crippen molar-refractivity contribution >= 4 is 17.2 Å². The van der Waals surface area contributed by atoms with Gasteiger partial charge in [0.25, 0.3) is 0 Å². The summed E-state index contributed by atoms with van der Waals surface area (Å²) in [6.45, 7) is 4.19. The highest BCUT2D eigenvalue weighted by atomic mass is 19.1. The van der Waals surface area contributed by atoms with Gasteiger partial charge in [-0.1, -0.05) is 6.58 Å². The van der Waals surface area contributed by atoms with E-state index in [0.717, 1.165) is 28.4 Å². The summed E-state index contributed by atoms with van der Waals surface area (Å²) in [5, 5.41) is 8.17. The molecule has 3 aromatic rings. The number of fused-ring (bicyclic) bond motifs is 1. The van der Waals surface area contributed by atoms with Crippen molar-refractivity contribution < 1.29 is 9.18 Å². The van der Waals surface area contributed by atoms with Crippen molar-refractivity contribution in [2.75, 3.05) is 7.05 Å². The normalized spacial score (nSPS) is 9.22. The zero-order chi connectivity index (χ0) is 17.2. The van der Waals surface area contributed by atoms with Crippen LogP contribution in [0, 0.1) is 0 Å². The van der Waals surface area contributed by atoms with Gasteiger partial charge in [0, 0.05) is 28.9 Å². The Hall–Kier alpha value is -2.86. The zero-order valence-electron chi connectivity index (χ0n) is 13.1. The second-order valence-corrected chi connectivity index (χ2v) is 4.41. The molecule has 0 amide bonds. The Morgan fingerprint density at radius 2 is 1.87 bits per heavy atom. The largest absolute Gasteiger partial charge is 0.333 e. The van der Waals surface area contributed by atoms with Crippen LogP contribution in [0.25, 0.3) is 22.2 Å². The van der Waals surface area contributed by atoms with Crippen LogP contribution in [-0.4, -0.2) is 28.5 Å². The molecule has 23 heavy (non-hydrogen) atoms. The van der Waals surface area contributed by atoms with E-state index in [1.807, 2.05) is 24.3 Å². The van der Waals surface area contributed by atoms with E-state index in [1.54, 1.807) is 18.5 Å². The van der Waals surface area contributed by atoms with E-state index in [0.29, 0.717) is 5.56 Å². The van der Waals surface area contributed by atoms with Gasteiger partial charge in [-0.25, -0.2) is 4.39 Å². The fraction of sp³-hybridized carbons (Fsp3) is 0.118. The number of benzene rings is 1. The van der Waals surface area contributed by atoms with Crippen LogP contribution in [0.2, 0.25) is 0 Å². The van der Waals surface area contributed by atoms with Crippen LogP contribution in [0.1, 0.15) is 17.3 Å². The molecular formula is C17H19FN4O. The molecule has 2 heterocycles. The summed E-state index contributed by atoms with van der Waals surface area (Å²) in [6, 6.07) is 9.24. The third-order valence-corrected chi connectivity index (χ3v) is 2.68. The second-order valence-electron chi connectivity index (χ2n) is 4.41. The Morgan fingerprint density at radius 1 is 1.26 bits per heavy atom. The molecule has 6 heteroatoms. The van der Waals surface area contributed by atoms with E-state index < -0.39 is 0 Å². The maximum Gasteiger partial charge on any atom is 0.150 e. The topological polar surface area (TPSA) is 84.7 Å². The van der Waals surface area contributed by atoms with Gasteiger partial charge in [-0.3, -0.25) is 14.9 Å². The maximum atomic E-state index is 10.8. The Morgan fingerprint density at radius 3 is 2.43 bits per heavy atom. The SMILES string of the molecule is C=C(C)F.CN.O=Cc1ccc2[nH]nc(-c3ccncc3)c2c1. The van der Waals surface area contributed by atoms with E-state index in [-0.39, 0.29) is 5.83 Å². The van der Waals surface area contributed by atoms with Gasteiger partial charge in [-0.15, -0.1) is 0 Å². The van der Waals surface area contributed by atoms with E-state index in [1.165, 1.54) is 14.0 Å². The Balaban J connectivity index is 0.000000388. The van der Waals surface area contributed by atoms with Crippen molar-refractivity contribution in [3.8, 4) is 11.3 Å². The highest BCUT2D eigenvalue weighted by Crippen LogP contribution is 2.26. The number of nitrogens with zero attached hydrogens (tertiary/aromatic N) is 2. The predicted molar refractivity (Wildman–Crippen MR) is 90.7 cm³/mol. The number of H-pyrrole nitrogens is 1. The van der Waals surface area contributed by atoms with Crippen LogP contribution in [-0.2, 0) is 0 Å². The molecule has 0 aliphatic carbocycles. The molecule has 2 aromatic heterocycles. The van der Waals surface area contributed by atoms with Gasteiger partial charge in [0.2, 0.25) is 0 Å². The molecular weight excluding hydrogens is 295 g/mol. The zero-order valence-corrected chi connectivity index (χ0v) is 13.1. The maximum absolute atomic E-state index is 10.8. The number of allylic oxidation sites excluding steroid dienone is 1. The molecule has 0 aliphatic heterocycles. The summed E-state index contributed by atoms with van der Waals surface area (Å²) in [6.07, 6.45) is 4.28. The summed E-state index contributed by atoms with van der Waals surface area (Å²) >= 11 is 0. The second kappa shape index (κ2) is 9.22. The molecule has 3 N–H and O–H groups in total. The van der Waals surface area contributed by atoms with Crippen molar-refractivity contribution in [1.82, 2.24) is 15.2 Å². The molecule has 0 radical (unpaired) electrons. The number of carbonyl (C=O) groups is 1. The van der Waals surface area contributed by atoms with Gasteiger partial charge in [0.05, 0.1) is 11.3 Å². The number of carbonyl (C=O) groups excluding carboxylic acids is 1. The van der Waals surface area contributed by atoms with Crippen LogP contribution in [0.15, 0.2) is 55.1 Å². The van der Waals surface area contributed by atoms with Crippen molar-refractivity contribution in [2.24, 2.45) is 5.73 Å². The number of hydrogen-bond donors (Lipinski definition) is 2. The molecule has 3 rings (SSSR count). The van der Waals surface area contributed by atoms with Gasteiger partial charge in [-0.2, -0.15) is 5.10 Å². The molecule has 0 saturated heterocycles. The first-order valence-corrected chi connectivity index (χ1v) is 6.84. The lowest BCUT2D eigenvalue weighted by Crippen LogP contribution is -1.81. The van der Waals surface area contributed by atoms with Crippen LogP contribution in [0.4, 0.5) is 4.39 Å². The molecule has 0 fully saturated rings. The van der Waals surface area contributed by atoms with E-state index in [2.05, 4.69) is 27.5 Å². The first kappa shape index (κ1) is 18.2. The van der Waals surface area contributed by atoms with Crippen molar-refractivity contribution in [2.45, 2.75) is 6.92 Å². The van der Waals surface area contributed by atoms with E-state index in [4.69, 9.17) is 0 Å². The third-order valence-electron chi connectivity index (χ3n) is 2.68. The van der Waals surface area contributed by atoms with Gasteiger partial charge in [0.1, 0.15) is 12.0 Å². The number of nitrogens with one attached hydrogen (secondary N) is 1. The molecule has 0 bridgehead atoms. The number of aromatic nitrogens is 3. The fourth-order valence-corrected chi connectivity index (χ4v) is 1.83. The molecule has 0 unspecified atom stereocenters. The number of aromatic amines is 1. The quantitative estimate of drug-likeness (QED) is 0.709. The van der Waals surface area contributed by atoms with E-state index in [9.17, 15) is 9.18 Å². The fourth-order valence-electron chi connectivity index (χ4n) is 1.83. The van der Waals surface area contributed by atoms with Gasteiger partial charge in [-0.05, 0) is 44.3 Å². The summed E-state index contributed by atoms with van der Waals surface area (Å²) in [7, 11) is 1.50. The molecule has 0 saturated carbocycles. The standard InChI is InChI=1S/C13H9N3O.C3H5F.CH5N/c17-8-9-1-2-12-11(7-9)13(16-15-12)10-3-5-14-6-4-10;1-3(2)4;1-2/h1-8H,(H,15,16);1H2,2H3;2H2,1H3. The molecule has 1 aromatic carbocycles. The lowest BCUT2D eigenvalue weighted by Gasteiger charge is -1.97. The number of rotatable bonds is 2. The summed E-state index contributed by atoms with van der Waals surface area (Å²) in [4.78, 5) is 14.8. The lowest BCUT2D eigenvalue weighted by atomic mass is 10.1. The van der Waals surface area contributed by atoms with Crippen molar-refractivity contribution in [3.05, 3.63) is 60.7 Å². The number of pyridine rings is 1. The number of nitrogens with two attached hydrogens (primary N) is 1. The minimum absolute atomic E-state index is 0.333. The predicted octanol–water partition coefficient (Wildman–Crippen LogP) is 3.50. The minimum atomic E-state index is -0.333. The number of aldehydes is 1. The number of halogens is 1. The summed E-state index contributed by atoms with van der Waals surface area (Å²) < 4.78 is 10.8. The van der Waals surface area contributed by atoms with E-state index >= 15 is 0 Å². The monoisotopic (exact) mass is 314 g/mol. The summed E-state index contributed by atoms with van der Waals surface area (Å²) in [5.74, 6) is -0.333. The van der Waals surface area contributed by atoms with Gasteiger partial charge in [0.15, 0.2) is 0 Å². The Kier molecular flexibility index (Phi) is 7.29. The van der Waals surface area contributed by atoms with Gasteiger partial charge >= 0.3 is 0 Å². The number of hydrogen-bond acceptors (Lipinski definition) is 4. The van der Waals surface area contributed by atoms with Crippen LogP contribution in [0.3, 0.4) is 0 Å². The Bertz CT molecular complexity index is 765. The van der Waals surface area contributed by atoms with Gasteiger partial charge < -0.3 is 5.73 Å². The molecule has 0 atom stereocenters. The minimum Gasteiger partial charge on any atom is -0.333 e. The lowest BCUT2D eigenvalue weighted by molar-refractivity contribution is 0.112. The van der Waals surface area contributed by atoms with Crippen LogP contribution < -0.4 is 5.73 Å². The highest BCUT2D eigenvalue weighted by molar-refractivity contribution is 5.96. The van der Waals surface area contributed by atoms with Crippen molar-refractivity contribution in [3.63, 3.8) is 0 Å². The highest BCUT2D eigenvalue weighted by Gasteiger charge is 2.08. The molecule has 0 spiro atoms. The molecule has 0 aliphatic rings. The Labute approximate surface area is 134 Å². The first-order valence-electron chi connectivity index (χ1n) is 6.84. The van der Waals surface area contributed by atoms with Crippen LogP contribution >= 0.6 is 0 Å². The summed E-state index contributed by atoms with van der Waals surface area (Å²) in [5.41, 5.74) is 7.89. The first-order chi connectivity index (χ1) is 11.1. The van der Waals surface area contributed by atoms with Crippen LogP contribution in [0.5, 0.6) is 0 Å². The third kappa shape index (κ3) is 5.12. The average Bonchev–Trinajstić information content (AvgIpc) is 3.00. The van der Waals surface area contributed by atoms with Crippen molar-refractivity contribution in [1.29, 1.82) is 0 Å². The average molecular weight is 314 g/mol. The smallest absolute Gasteiger partial charge is 0.150 e.